The van der Waals surface area contributed by atoms with Gasteiger partial charge in [-0.3, -0.25) is 14.4 Å². The smallest absolute Gasteiger partial charge is 0.317 e. The van der Waals surface area contributed by atoms with E-state index in [2.05, 4.69) is 25.2 Å². The number of aliphatic hydroxyl groups is 19. The molecule has 7 heterocycles. The van der Waals surface area contributed by atoms with Crippen molar-refractivity contribution in [1.82, 2.24) is 5.32 Å². The number of esters is 2. The van der Waals surface area contributed by atoms with Gasteiger partial charge in [0.25, 0.3) is 0 Å². The molecule has 0 aromatic rings. The van der Waals surface area contributed by atoms with Gasteiger partial charge in [0.2, 0.25) is 12.2 Å². The van der Waals surface area contributed by atoms with Crippen molar-refractivity contribution in [3.05, 3.63) is 11.6 Å². The van der Waals surface area contributed by atoms with Crippen molar-refractivity contribution in [3.63, 3.8) is 0 Å². The molecule has 12 aliphatic rings. The van der Waals surface area contributed by atoms with Crippen LogP contribution < -0.4 is 5.32 Å². The second-order valence-corrected chi connectivity index (χ2v) is 34.6. The van der Waals surface area contributed by atoms with Crippen LogP contribution in [0.4, 0.5) is 0 Å². The van der Waals surface area contributed by atoms with Crippen LogP contribution >= 0.6 is 0 Å². The number of nitrogens with one attached hydrogen (secondary N) is 1. The summed E-state index contributed by atoms with van der Waals surface area (Å²) in [4.78, 5) is 41.3. The lowest BCUT2D eigenvalue weighted by molar-refractivity contribution is -0.364. The maximum absolute atomic E-state index is 15.9. The summed E-state index contributed by atoms with van der Waals surface area (Å²) in [7, 11) is 0. The molecule has 4 unspecified atom stereocenters. The standard InChI is InChI=1S/C72H115NO37/c1-27(76)73-40-44(84)53(108-62-48(88)45(85)42(82)34(19-74)102-62)36(24-100-59-49(89)51(32(79)21-97-59)106-60-47(87)41(81)31(78)20-98-60)104-58(40)105-39-13-14-68(7)37(67(39,5)6)12-15-69(8)38(68)11-10-29-30-18-66(3,4)16-17-72(30,56(92)55(91)70(29,69)9)65(94)110-63-54(46(86)43(83)35(103-63)23-96-28(2)77)109-61-50(90)52(33(80)22-99-61)107-64-57(93)71(95,25-75)26-101-64/h10,30-64,74-75,78-93,95H,11-26H2,1-9H3,(H,73,76)/t30?,31-,32+,33-,34-,35-,36-,37?,38?,39+,40-,41+,42-,43-,44-,45+,46+,47-,48-,49-,50-,51+,52+,53-,54-,55+,56-,57+,58+,59+,60+,61+,62+,63+,64+,68+,69-,70+,71-,72?/m1/s1. The topological polar surface area (TPSA) is 586 Å². The number of allylic oxidation sites excluding steroid dienone is 1. The van der Waals surface area contributed by atoms with Crippen molar-refractivity contribution in [2.24, 2.45) is 50.2 Å². The average molecular weight is 1590 g/mol. The number of ether oxygens (including phenoxy) is 15. The quantitative estimate of drug-likeness (QED) is 0.0306. The summed E-state index contributed by atoms with van der Waals surface area (Å²) < 4.78 is 89.2. The van der Waals surface area contributed by atoms with Gasteiger partial charge in [-0.25, -0.2) is 0 Å². The molecule has 7 aliphatic heterocycles. The fraction of sp³-hybridized carbons (Fsp3) is 0.931. The molecule has 0 bridgehead atoms. The van der Waals surface area contributed by atoms with Crippen LogP contribution in [0.5, 0.6) is 0 Å². The Balaban J connectivity index is 0.801. The van der Waals surface area contributed by atoms with E-state index >= 15 is 4.79 Å². The largest absolute Gasteiger partial charge is 0.463 e. The first-order chi connectivity index (χ1) is 51.5. The third kappa shape index (κ3) is 15.2. The molecule has 12 rings (SSSR count). The van der Waals surface area contributed by atoms with Gasteiger partial charge < -0.3 is 173 Å². The summed E-state index contributed by atoms with van der Waals surface area (Å²) in [6.07, 6.45) is -48.9. The second-order valence-electron chi connectivity index (χ2n) is 34.6. The van der Waals surface area contributed by atoms with E-state index in [-0.39, 0.29) is 18.3 Å². The summed E-state index contributed by atoms with van der Waals surface area (Å²) in [6.45, 7) is 11.3. The highest BCUT2D eigenvalue weighted by Crippen LogP contribution is 2.76. The van der Waals surface area contributed by atoms with E-state index in [0.29, 0.717) is 50.5 Å². The third-order valence-electron chi connectivity index (χ3n) is 27.1. The van der Waals surface area contributed by atoms with Crippen LogP contribution in [-0.2, 0) is 85.4 Å². The molecular weight excluding hydrogens is 1470 g/mol. The molecule has 38 nitrogen and oxygen atoms in total. The van der Waals surface area contributed by atoms with E-state index in [1.807, 2.05) is 34.6 Å². The summed E-state index contributed by atoms with van der Waals surface area (Å²) in [6, 6.07) is -1.48. The molecule has 0 radical (unpaired) electrons. The van der Waals surface area contributed by atoms with Crippen molar-refractivity contribution in [2.75, 3.05) is 52.9 Å². The first-order valence-corrected chi connectivity index (χ1v) is 38.0. The Morgan fingerprint density at radius 2 is 1.10 bits per heavy atom. The van der Waals surface area contributed by atoms with Gasteiger partial charge in [0, 0.05) is 19.3 Å². The summed E-state index contributed by atoms with van der Waals surface area (Å²) in [5.41, 5.74) is -7.32. The van der Waals surface area contributed by atoms with Crippen molar-refractivity contribution in [1.29, 1.82) is 0 Å². The molecule has 0 aromatic carbocycles. The number of hydrogen-bond donors (Lipinski definition) is 20. The van der Waals surface area contributed by atoms with E-state index in [4.69, 9.17) is 71.1 Å². The van der Waals surface area contributed by atoms with Crippen LogP contribution in [0.1, 0.15) is 114 Å². The fourth-order valence-corrected chi connectivity index (χ4v) is 20.5. The van der Waals surface area contributed by atoms with Crippen LogP contribution in [0, 0.1) is 50.2 Å². The third-order valence-corrected chi connectivity index (χ3v) is 27.1. The SMILES string of the molecule is CC(=O)N[C@H]1[C@H](O[C@H]2CC[C@@]3(C)C(CC[C@]4(C)C3CC=C3C5CC(C)(C)CCC5(C(=O)O[C@@H]5O[C@H](COC(C)=O)[C@@H](O)[C@H](O)[C@H]5O[C@@H]5OC[C@@H](O)[C@H](O[C@@H]6OC[C@](O)(CO)[C@H]6O)[C@H]5O)[C@H](O)[C@H](O)[C@]34C)C2(C)C)O[C@H](CO[C@@H]2OC[C@H](O)[C@H](O[C@@H]3OC[C@@H](O)[C@H](O)[C@H]3O)[C@H]2O)[C@@H](O[C@@H]2O[C@H](CO)[C@@H](O)[C@H](O)[C@H]2O)[C@@H]1O. The number of carbonyl (C=O) groups is 3. The Kier molecular flexibility index (Phi) is 25.6. The number of aliphatic hydroxyl groups excluding tert-OH is 18. The van der Waals surface area contributed by atoms with E-state index < -0.39 is 311 Å². The number of hydrogen-bond acceptors (Lipinski definition) is 37. The fourth-order valence-electron chi connectivity index (χ4n) is 20.5. The average Bonchev–Trinajstić information content (AvgIpc) is 0.681. The second kappa shape index (κ2) is 32.6. The van der Waals surface area contributed by atoms with Crippen molar-refractivity contribution >= 4 is 17.8 Å². The Morgan fingerprint density at radius 3 is 1.74 bits per heavy atom. The summed E-state index contributed by atoms with van der Waals surface area (Å²) in [5.74, 6) is -3.80. The highest BCUT2D eigenvalue weighted by Gasteiger charge is 2.75. The molecule has 0 aromatic heterocycles. The minimum atomic E-state index is -2.16. The molecular formula is C72H115NO37. The number of fused-ring (bicyclic) bond motifs is 7. The lowest BCUT2D eigenvalue weighted by atomic mass is 9.32. The van der Waals surface area contributed by atoms with Crippen LogP contribution in [0.2, 0.25) is 0 Å². The van der Waals surface area contributed by atoms with Gasteiger partial charge in [0.1, 0.15) is 146 Å². The molecule has 4 saturated carbocycles. The Labute approximate surface area is 634 Å². The van der Waals surface area contributed by atoms with Crippen molar-refractivity contribution in [3.8, 4) is 0 Å². The highest BCUT2D eigenvalue weighted by molar-refractivity contribution is 5.80. The molecule has 38 heteroatoms. The lowest BCUT2D eigenvalue weighted by Gasteiger charge is -2.72. The molecule has 1 amide bonds. The number of rotatable bonds is 20. The van der Waals surface area contributed by atoms with Crippen LogP contribution in [-0.4, -0.2) is 370 Å². The maximum Gasteiger partial charge on any atom is 0.317 e. The molecule has 110 heavy (non-hydrogen) atoms. The normalized spacial score (nSPS) is 52.1. The monoisotopic (exact) mass is 1590 g/mol. The number of amides is 1. The molecule has 7 saturated heterocycles. The van der Waals surface area contributed by atoms with Crippen molar-refractivity contribution < 1.29 is 182 Å². The zero-order valence-corrected chi connectivity index (χ0v) is 62.9. The van der Waals surface area contributed by atoms with Crippen molar-refractivity contribution in [2.45, 2.75) is 316 Å². The van der Waals surface area contributed by atoms with Gasteiger partial charge in [-0.2, -0.15) is 0 Å². The van der Waals surface area contributed by atoms with Crippen LogP contribution in [0.3, 0.4) is 0 Å². The van der Waals surface area contributed by atoms with Crippen LogP contribution in [0.25, 0.3) is 0 Å². The van der Waals surface area contributed by atoms with Crippen LogP contribution in [0.15, 0.2) is 11.6 Å². The summed E-state index contributed by atoms with van der Waals surface area (Å²) in [5, 5.41) is 216. The van der Waals surface area contributed by atoms with E-state index in [0.717, 1.165) is 6.92 Å². The van der Waals surface area contributed by atoms with Gasteiger partial charge in [-0.1, -0.05) is 60.1 Å². The molecule has 0 spiro atoms. The Morgan fingerprint density at radius 1 is 0.518 bits per heavy atom. The van der Waals surface area contributed by atoms with E-state index in [9.17, 15) is 107 Å². The molecule has 5 aliphatic carbocycles. The minimum Gasteiger partial charge on any atom is -0.463 e. The lowest BCUT2D eigenvalue weighted by Crippen LogP contribution is -2.73. The number of carbonyl (C=O) groups excluding carboxylic acids is 3. The Hall–Kier alpha value is -3.13. The van der Waals surface area contributed by atoms with E-state index in [1.54, 1.807) is 0 Å². The maximum atomic E-state index is 15.9. The predicted molar refractivity (Wildman–Crippen MR) is 361 cm³/mol. The molecule has 40 atom stereocenters. The predicted octanol–water partition coefficient (Wildman–Crippen LogP) is -7.35. The van der Waals surface area contributed by atoms with Gasteiger partial charge >= 0.3 is 11.9 Å². The molecule has 630 valence electrons. The van der Waals surface area contributed by atoms with Gasteiger partial charge in [0.15, 0.2) is 43.8 Å². The molecule has 20 N–H and O–H groups in total. The minimum absolute atomic E-state index is 0.0421. The first kappa shape index (κ1) is 86.2. The summed E-state index contributed by atoms with van der Waals surface area (Å²) >= 11 is 0. The van der Waals surface area contributed by atoms with E-state index in [1.165, 1.54) is 6.92 Å². The van der Waals surface area contributed by atoms with Gasteiger partial charge in [0.05, 0.1) is 64.6 Å². The first-order valence-electron chi connectivity index (χ1n) is 38.0. The highest BCUT2D eigenvalue weighted by atomic mass is 16.8. The van der Waals surface area contributed by atoms with Gasteiger partial charge in [-0.15, -0.1) is 0 Å². The Bertz CT molecular complexity index is 3230. The van der Waals surface area contributed by atoms with Gasteiger partial charge in [-0.05, 0) is 90.8 Å². The zero-order valence-electron chi connectivity index (χ0n) is 62.9. The zero-order chi connectivity index (χ0) is 80.4. The molecule has 11 fully saturated rings.